The third-order valence-electron chi connectivity index (χ3n) is 24.1. The minimum atomic E-state index is -0.218. The fraction of sp³-hybridized carbons (Fsp3) is 0.0270. The van der Waals surface area contributed by atoms with Crippen molar-refractivity contribution in [2.24, 2.45) is 0 Å². The topological polar surface area (TPSA) is 77.3 Å². The number of aromatic nitrogens is 6. The molecule has 1 aliphatic carbocycles. The molecule has 9 heteroatoms. The molecule has 0 N–H and O–H groups in total. The van der Waals surface area contributed by atoms with E-state index in [2.05, 4.69) is 366 Å². The van der Waals surface area contributed by atoms with Gasteiger partial charge in [-0.1, -0.05) is 329 Å². The lowest BCUT2D eigenvalue weighted by molar-refractivity contribution is 0.660. The molecule has 22 aromatic rings. The minimum absolute atomic E-state index is 0.218. The van der Waals surface area contributed by atoms with Crippen LogP contribution in [-0.2, 0) is 5.41 Å². The normalized spacial score (nSPS) is 12.3. The largest absolute Gasteiger partial charge is 0.208 e. The Kier molecular flexibility index (Phi) is 17.1. The van der Waals surface area contributed by atoms with Crippen molar-refractivity contribution in [3.8, 4) is 168 Å². The first kappa shape index (κ1) is 70.8. The van der Waals surface area contributed by atoms with Crippen molar-refractivity contribution < 1.29 is 0 Å². The highest BCUT2D eigenvalue weighted by molar-refractivity contribution is 7.26. The van der Waals surface area contributed by atoms with E-state index in [1.165, 1.54) is 133 Å². The Hall–Kier alpha value is -14.6. The summed E-state index contributed by atoms with van der Waals surface area (Å²) in [6, 6.07) is 140. The summed E-state index contributed by atoms with van der Waals surface area (Å²) in [6.45, 7) is 4.73. The van der Waals surface area contributed by atoms with Gasteiger partial charge in [-0.15, -0.1) is 34.0 Å². The van der Waals surface area contributed by atoms with Crippen LogP contribution in [0, 0.1) is 0 Å². The van der Waals surface area contributed by atoms with Gasteiger partial charge in [0.15, 0.2) is 34.9 Å². The maximum atomic E-state index is 5.36. The van der Waals surface area contributed by atoms with Crippen LogP contribution in [0.2, 0.25) is 0 Å². The quantitative estimate of drug-likeness (QED) is 0.108. The number of nitrogens with zero attached hydrogens (tertiary/aromatic N) is 6. The van der Waals surface area contributed by atoms with Gasteiger partial charge in [0.1, 0.15) is 0 Å². The van der Waals surface area contributed by atoms with Crippen LogP contribution >= 0.6 is 34.0 Å². The van der Waals surface area contributed by atoms with Gasteiger partial charge in [-0.25, -0.2) is 29.9 Å². The molecule has 17 aromatic carbocycles. The molecule has 0 amide bonds. The Morgan fingerprint density at radius 3 is 1.02 bits per heavy atom. The van der Waals surface area contributed by atoms with Gasteiger partial charge in [0.25, 0.3) is 0 Å². The SMILES string of the molecule is CC1(C)c2ccc(-c3ccc4sc5cc(-c6ccc(-c7nc(-c8ccccc8)nc(-c8cccc9sc%10ccc(-c%11cccc(-c%12ccccc%12-c%12ccccc%12)c%11)cc%10c89)n7)cc6)ccc5c4c3)cc2-c2ccc(-c3ccc(-c4nc(-c5ccccc5)nc(-c5cccc6sc7ccc(-c8ccc(-c9ccccc9)cc8)cc7c56)n4)cc3)cc21. The van der Waals surface area contributed by atoms with E-state index >= 15 is 0 Å². The van der Waals surface area contributed by atoms with Crippen molar-refractivity contribution in [3.63, 3.8) is 0 Å². The van der Waals surface area contributed by atoms with Gasteiger partial charge < -0.3 is 0 Å². The Morgan fingerprint density at radius 1 is 0.167 bits per heavy atom. The zero-order valence-electron chi connectivity index (χ0n) is 65.4. The zero-order chi connectivity index (χ0) is 79.5. The molecule has 0 unspecified atom stereocenters. The molecule has 6 nitrogen and oxygen atoms in total. The van der Waals surface area contributed by atoms with E-state index in [1.54, 1.807) is 22.7 Å². The fourth-order valence-corrected chi connectivity index (χ4v) is 21.2. The van der Waals surface area contributed by atoms with Gasteiger partial charge in [0.05, 0.1) is 0 Å². The van der Waals surface area contributed by atoms with Crippen molar-refractivity contribution in [1.82, 2.24) is 29.9 Å². The van der Waals surface area contributed by atoms with Crippen molar-refractivity contribution >= 4 is 94.5 Å². The van der Waals surface area contributed by atoms with E-state index < -0.39 is 0 Å². The van der Waals surface area contributed by atoms with Crippen LogP contribution in [0.3, 0.4) is 0 Å². The zero-order valence-corrected chi connectivity index (χ0v) is 67.8. The number of rotatable bonds is 14. The van der Waals surface area contributed by atoms with Crippen LogP contribution in [0.1, 0.15) is 25.0 Å². The monoisotopic (exact) mass is 1580 g/mol. The molecule has 0 radical (unpaired) electrons. The maximum absolute atomic E-state index is 5.36. The van der Waals surface area contributed by atoms with Gasteiger partial charge in [0, 0.05) is 99.3 Å². The Morgan fingerprint density at radius 2 is 0.492 bits per heavy atom. The van der Waals surface area contributed by atoms with Crippen molar-refractivity contribution in [1.29, 1.82) is 0 Å². The summed E-state index contributed by atoms with van der Waals surface area (Å²) in [5.74, 6) is 3.79. The fourth-order valence-electron chi connectivity index (χ4n) is 17.9. The first-order chi connectivity index (χ1) is 59.1. The number of thiophene rings is 3. The molecule has 0 bridgehead atoms. The highest BCUT2D eigenvalue weighted by Gasteiger charge is 2.36. The highest BCUT2D eigenvalue weighted by atomic mass is 32.1. The van der Waals surface area contributed by atoms with Crippen LogP contribution in [-0.4, -0.2) is 29.9 Å². The van der Waals surface area contributed by atoms with E-state index in [9.17, 15) is 0 Å². The number of fused-ring (bicyclic) bond motifs is 12. The van der Waals surface area contributed by atoms with Crippen LogP contribution in [0.5, 0.6) is 0 Å². The van der Waals surface area contributed by atoms with E-state index in [0.717, 1.165) is 72.0 Å². The van der Waals surface area contributed by atoms with Gasteiger partial charge in [0.2, 0.25) is 0 Å². The van der Waals surface area contributed by atoms with Crippen LogP contribution < -0.4 is 0 Å². The Labute approximate surface area is 706 Å². The molecule has 0 aliphatic heterocycles. The predicted molar refractivity (Wildman–Crippen MR) is 506 cm³/mol. The van der Waals surface area contributed by atoms with Crippen LogP contribution in [0.4, 0.5) is 0 Å². The van der Waals surface area contributed by atoms with E-state index in [0.29, 0.717) is 34.9 Å². The van der Waals surface area contributed by atoms with Crippen LogP contribution in [0.15, 0.2) is 388 Å². The van der Waals surface area contributed by atoms with Crippen LogP contribution in [0.25, 0.3) is 229 Å². The Bertz CT molecular complexity index is 7830. The van der Waals surface area contributed by atoms with Gasteiger partial charge in [-0.3, -0.25) is 0 Å². The van der Waals surface area contributed by atoms with Gasteiger partial charge >= 0.3 is 0 Å². The van der Waals surface area contributed by atoms with Gasteiger partial charge in [-0.05, 0) is 184 Å². The number of hydrogen-bond acceptors (Lipinski definition) is 9. The number of benzene rings is 17. The molecule has 562 valence electrons. The second kappa shape index (κ2) is 28.9. The Balaban J connectivity index is 0.516. The van der Waals surface area contributed by atoms with Crippen molar-refractivity contribution in [2.45, 2.75) is 19.3 Å². The highest BCUT2D eigenvalue weighted by Crippen LogP contribution is 2.52. The third-order valence-corrected chi connectivity index (χ3v) is 27.5. The van der Waals surface area contributed by atoms with Crippen molar-refractivity contribution in [3.05, 3.63) is 399 Å². The average Bonchev–Trinajstić information content (AvgIpc) is 1.57. The van der Waals surface area contributed by atoms with E-state index in [1.807, 2.05) is 47.7 Å². The molecule has 0 atom stereocenters. The molecule has 23 rings (SSSR count). The molecule has 5 aromatic heterocycles. The third kappa shape index (κ3) is 12.5. The molecular weight excluding hydrogens is 1510 g/mol. The summed E-state index contributed by atoms with van der Waals surface area (Å²) in [6.07, 6.45) is 0. The summed E-state index contributed by atoms with van der Waals surface area (Å²) in [5, 5.41) is 7.17. The standard InChI is InChI=1S/C111H70N6S3/c1-111(2)95-56-50-79(61-91(95)87-54-48-82(65-96(87)111)70-40-44-75(45-41-70)107-112-105(73-24-11-5-12-25-73)114-109(116-107)89-32-18-34-100-103(89)93-63-78(51-58-98(93)118-100)69-38-36-68(37-39-69)67-20-7-3-8-21-67)80-52-57-97-92(62-80)88-55-49-83(66-102(88)120-97)71-42-46-76(47-43-71)108-113-106(74-26-13-6-14-27-74)115-110(117-108)90-33-19-35-101-104(90)94-64-81(53-59-99(94)119-101)77-28-17-29-84(60-77)86-31-16-15-30-85(86)72-22-9-4-10-23-72/h3-66H,1-2H3. The smallest absolute Gasteiger partial charge is 0.164 e. The summed E-state index contributed by atoms with van der Waals surface area (Å²) in [4.78, 5) is 31.7. The molecule has 120 heavy (non-hydrogen) atoms. The molecule has 0 spiro atoms. The van der Waals surface area contributed by atoms with E-state index in [4.69, 9.17) is 29.9 Å². The first-order valence-corrected chi connectivity index (χ1v) is 43.0. The van der Waals surface area contributed by atoms with Gasteiger partial charge in [-0.2, -0.15) is 0 Å². The number of hydrogen-bond donors (Lipinski definition) is 0. The molecule has 5 heterocycles. The molecular formula is C111H70N6S3. The average molecular weight is 1580 g/mol. The van der Waals surface area contributed by atoms with E-state index in [-0.39, 0.29) is 5.41 Å². The molecule has 0 saturated carbocycles. The molecule has 0 fully saturated rings. The summed E-state index contributed by atoms with van der Waals surface area (Å²) >= 11 is 5.45. The minimum Gasteiger partial charge on any atom is -0.208 e. The second-order valence-corrected chi connectivity index (χ2v) is 34.8. The first-order valence-electron chi connectivity index (χ1n) is 40.6. The maximum Gasteiger partial charge on any atom is 0.164 e. The lowest BCUT2D eigenvalue weighted by Gasteiger charge is -2.22. The summed E-state index contributed by atoms with van der Waals surface area (Å²) in [7, 11) is 0. The summed E-state index contributed by atoms with van der Waals surface area (Å²) in [5.41, 5.74) is 29.5. The summed E-state index contributed by atoms with van der Waals surface area (Å²) < 4.78 is 7.32. The predicted octanol–water partition coefficient (Wildman–Crippen LogP) is 30.8. The molecule has 1 aliphatic rings. The lowest BCUT2D eigenvalue weighted by atomic mass is 9.81. The lowest BCUT2D eigenvalue weighted by Crippen LogP contribution is -2.15. The second-order valence-electron chi connectivity index (χ2n) is 31.6. The molecule has 0 saturated heterocycles. The van der Waals surface area contributed by atoms with Crippen molar-refractivity contribution in [2.75, 3.05) is 0 Å².